The number of carbonyl (C=O) groups excluding carboxylic acids is 1. The summed E-state index contributed by atoms with van der Waals surface area (Å²) in [5.41, 5.74) is 4.12. The summed E-state index contributed by atoms with van der Waals surface area (Å²) in [4.78, 5) is 33.7. The van der Waals surface area contributed by atoms with Crippen LogP contribution in [0.5, 0.6) is 0 Å². The molecule has 3 N–H and O–H groups in total. The van der Waals surface area contributed by atoms with Crippen molar-refractivity contribution in [1.29, 1.82) is 0 Å². The molecule has 0 bridgehead atoms. The van der Waals surface area contributed by atoms with E-state index in [2.05, 4.69) is 4.98 Å². The highest BCUT2D eigenvalue weighted by molar-refractivity contribution is 5.90. The number of carbonyl (C=O) groups is 1. The zero-order valence-corrected chi connectivity index (χ0v) is 8.39. The quantitative estimate of drug-likeness (QED) is 0.428. The molecule has 16 heavy (non-hydrogen) atoms. The van der Waals surface area contributed by atoms with Crippen molar-refractivity contribution < 1.29 is 9.72 Å². The molecule has 1 rings (SSSR count). The molecule has 0 aromatic carbocycles. The highest BCUT2D eigenvalue weighted by atomic mass is 16.6. The summed E-state index contributed by atoms with van der Waals surface area (Å²) in [7, 11) is 0. The summed E-state index contributed by atoms with van der Waals surface area (Å²) >= 11 is 0. The average molecular weight is 223 g/mol. The molecule has 0 atom stereocenters. The Bertz CT molecular complexity index is 530. The fourth-order valence-corrected chi connectivity index (χ4v) is 1.19. The predicted octanol–water partition coefficient (Wildman–Crippen LogP) is 0.0900. The van der Waals surface area contributed by atoms with Gasteiger partial charge in [-0.05, 0) is 13.0 Å². The first kappa shape index (κ1) is 11.6. The van der Waals surface area contributed by atoms with E-state index in [0.29, 0.717) is 5.56 Å². The van der Waals surface area contributed by atoms with Gasteiger partial charge in [-0.1, -0.05) is 0 Å². The number of H-pyrrole nitrogens is 1. The van der Waals surface area contributed by atoms with E-state index in [-0.39, 0.29) is 5.56 Å². The third-order valence-corrected chi connectivity index (χ3v) is 1.97. The summed E-state index contributed by atoms with van der Waals surface area (Å²) < 4.78 is 0. The van der Waals surface area contributed by atoms with Crippen LogP contribution in [0.25, 0.3) is 6.08 Å². The maximum absolute atomic E-state index is 11.2. The van der Waals surface area contributed by atoms with Gasteiger partial charge in [0.05, 0.1) is 4.92 Å². The second-order valence-corrected chi connectivity index (χ2v) is 3.04. The van der Waals surface area contributed by atoms with Crippen molar-refractivity contribution in [3.63, 3.8) is 0 Å². The first-order valence-electron chi connectivity index (χ1n) is 4.27. The number of hydrogen-bond donors (Lipinski definition) is 2. The fourth-order valence-electron chi connectivity index (χ4n) is 1.19. The number of nitrogens with zero attached hydrogens (tertiary/aromatic N) is 1. The van der Waals surface area contributed by atoms with Crippen LogP contribution in [0.1, 0.15) is 11.1 Å². The molecule has 0 aliphatic rings. The maximum Gasteiger partial charge on any atom is 0.337 e. The van der Waals surface area contributed by atoms with Crippen molar-refractivity contribution in [2.24, 2.45) is 5.73 Å². The van der Waals surface area contributed by atoms with Crippen LogP contribution in [-0.4, -0.2) is 15.8 Å². The molecule has 1 aromatic rings. The van der Waals surface area contributed by atoms with Gasteiger partial charge in [0.1, 0.15) is 0 Å². The lowest BCUT2D eigenvalue weighted by molar-refractivity contribution is -0.386. The Hall–Kier alpha value is -2.44. The summed E-state index contributed by atoms with van der Waals surface area (Å²) in [6.07, 6.45) is 3.65. The average Bonchev–Trinajstić information content (AvgIpc) is 2.15. The van der Waals surface area contributed by atoms with E-state index in [1.165, 1.54) is 19.2 Å². The van der Waals surface area contributed by atoms with Crippen LogP contribution in [-0.2, 0) is 4.79 Å². The first-order valence-corrected chi connectivity index (χ1v) is 4.27. The topological polar surface area (TPSA) is 119 Å². The zero-order chi connectivity index (χ0) is 12.3. The van der Waals surface area contributed by atoms with E-state index in [0.717, 1.165) is 6.08 Å². The van der Waals surface area contributed by atoms with Crippen LogP contribution in [0.3, 0.4) is 0 Å². The summed E-state index contributed by atoms with van der Waals surface area (Å²) in [6.45, 7) is 1.42. The number of nitrogens with one attached hydrogen (secondary N) is 1. The fraction of sp³-hybridized carbons (Fsp3) is 0.111. The molecule has 7 nitrogen and oxygen atoms in total. The monoisotopic (exact) mass is 223 g/mol. The minimum Gasteiger partial charge on any atom is -0.366 e. The standard InChI is InChI=1S/C9H9N3O4/c1-5-6(2-3-7(10)13)4-11-9(14)8(5)12(15)16/h2-4H,1H3,(H2,10,13)(H,11,14). The first-order chi connectivity index (χ1) is 7.43. The van der Waals surface area contributed by atoms with Gasteiger partial charge in [0.25, 0.3) is 0 Å². The highest BCUT2D eigenvalue weighted by Crippen LogP contribution is 2.16. The molecule has 1 heterocycles. The number of aromatic nitrogens is 1. The van der Waals surface area contributed by atoms with Gasteiger partial charge >= 0.3 is 11.2 Å². The Balaban J connectivity index is 3.35. The lowest BCUT2D eigenvalue weighted by atomic mass is 10.1. The molecule has 0 spiro atoms. The number of amides is 1. The van der Waals surface area contributed by atoms with E-state index in [4.69, 9.17) is 5.73 Å². The number of nitrogens with two attached hydrogens (primary N) is 1. The number of hydrogen-bond acceptors (Lipinski definition) is 4. The second-order valence-electron chi connectivity index (χ2n) is 3.04. The number of aromatic amines is 1. The Morgan fingerprint density at radius 2 is 2.25 bits per heavy atom. The number of primary amides is 1. The minimum absolute atomic E-state index is 0.186. The van der Waals surface area contributed by atoms with Gasteiger partial charge in [-0.2, -0.15) is 0 Å². The Morgan fingerprint density at radius 3 is 2.75 bits per heavy atom. The van der Waals surface area contributed by atoms with Crippen LogP contribution in [0.15, 0.2) is 17.1 Å². The van der Waals surface area contributed by atoms with Crippen LogP contribution >= 0.6 is 0 Å². The molecule has 0 radical (unpaired) electrons. The lowest BCUT2D eigenvalue weighted by Gasteiger charge is -1.99. The van der Waals surface area contributed by atoms with E-state index in [1.54, 1.807) is 0 Å². The molecular formula is C9H9N3O4. The second kappa shape index (κ2) is 4.39. The van der Waals surface area contributed by atoms with Crippen molar-refractivity contribution in [3.05, 3.63) is 43.9 Å². The molecule has 0 saturated heterocycles. The molecule has 0 fully saturated rings. The summed E-state index contributed by atoms with van der Waals surface area (Å²) in [5.74, 6) is -0.673. The zero-order valence-electron chi connectivity index (χ0n) is 8.39. The highest BCUT2D eigenvalue weighted by Gasteiger charge is 2.17. The third-order valence-electron chi connectivity index (χ3n) is 1.97. The normalized spacial score (nSPS) is 10.6. The van der Waals surface area contributed by atoms with Gasteiger partial charge < -0.3 is 10.7 Å². The summed E-state index contributed by atoms with van der Waals surface area (Å²) in [6, 6.07) is 0. The molecule has 1 aromatic heterocycles. The van der Waals surface area contributed by atoms with Crippen molar-refractivity contribution in [2.45, 2.75) is 6.92 Å². The molecule has 0 aliphatic heterocycles. The van der Waals surface area contributed by atoms with Crippen LogP contribution in [0.2, 0.25) is 0 Å². The molecule has 84 valence electrons. The molecule has 0 saturated carbocycles. The van der Waals surface area contributed by atoms with E-state index in [9.17, 15) is 19.7 Å². The minimum atomic E-state index is -0.779. The van der Waals surface area contributed by atoms with E-state index < -0.39 is 22.1 Å². The summed E-state index contributed by atoms with van der Waals surface area (Å²) in [5, 5.41) is 10.6. The van der Waals surface area contributed by atoms with Gasteiger partial charge in [0, 0.05) is 23.4 Å². The number of nitro groups is 1. The Morgan fingerprint density at radius 1 is 1.62 bits per heavy atom. The van der Waals surface area contributed by atoms with Crippen LogP contribution < -0.4 is 11.3 Å². The molecule has 0 unspecified atom stereocenters. The molecule has 1 amide bonds. The molecule has 7 heteroatoms. The van der Waals surface area contributed by atoms with Gasteiger partial charge in [-0.15, -0.1) is 0 Å². The van der Waals surface area contributed by atoms with Gasteiger partial charge in [0.15, 0.2) is 0 Å². The number of rotatable bonds is 3. The van der Waals surface area contributed by atoms with Crippen molar-refractivity contribution in [3.8, 4) is 0 Å². The van der Waals surface area contributed by atoms with Crippen molar-refractivity contribution in [2.75, 3.05) is 0 Å². The van der Waals surface area contributed by atoms with Gasteiger partial charge in [0.2, 0.25) is 5.91 Å². The van der Waals surface area contributed by atoms with E-state index >= 15 is 0 Å². The largest absolute Gasteiger partial charge is 0.366 e. The molecular weight excluding hydrogens is 214 g/mol. The predicted molar refractivity (Wildman–Crippen MR) is 56.7 cm³/mol. The Kier molecular flexibility index (Phi) is 3.19. The molecule has 0 aliphatic carbocycles. The van der Waals surface area contributed by atoms with Gasteiger partial charge in [-0.3, -0.25) is 19.7 Å². The van der Waals surface area contributed by atoms with E-state index in [1.807, 2.05) is 0 Å². The lowest BCUT2D eigenvalue weighted by Crippen LogP contribution is -2.13. The van der Waals surface area contributed by atoms with Gasteiger partial charge in [-0.25, -0.2) is 0 Å². The van der Waals surface area contributed by atoms with Crippen molar-refractivity contribution >= 4 is 17.7 Å². The smallest absolute Gasteiger partial charge is 0.337 e. The van der Waals surface area contributed by atoms with Crippen LogP contribution in [0, 0.1) is 17.0 Å². The Labute approximate surface area is 89.7 Å². The third kappa shape index (κ3) is 2.32. The maximum atomic E-state index is 11.2. The van der Waals surface area contributed by atoms with Crippen molar-refractivity contribution in [1.82, 2.24) is 4.98 Å². The SMILES string of the molecule is Cc1c(C=CC(N)=O)c[nH]c(=O)c1[N+](=O)[O-]. The van der Waals surface area contributed by atoms with Crippen LogP contribution in [0.4, 0.5) is 5.69 Å². The number of pyridine rings is 1.